The van der Waals surface area contributed by atoms with E-state index >= 15 is 0 Å². The van der Waals surface area contributed by atoms with Crippen molar-refractivity contribution in [1.29, 1.82) is 0 Å². The number of benzene rings is 1. The first-order valence-electron chi connectivity index (χ1n) is 8.93. The lowest BCUT2D eigenvalue weighted by Gasteiger charge is -2.38. The molecule has 0 bridgehead atoms. The van der Waals surface area contributed by atoms with E-state index in [1.54, 1.807) is 6.20 Å². The van der Waals surface area contributed by atoms with Gasteiger partial charge in [0.05, 0.1) is 6.20 Å². The fourth-order valence-electron chi connectivity index (χ4n) is 3.60. The Morgan fingerprint density at radius 1 is 1.08 bits per heavy atom. The van der Waals surface area contributed by atoms with E-state index in [1.807, 2.05) is 29.2 Å². The normalized spacial score (nSPS) is 17.9. The minimum absolute atomic E-state index is 0.0328. The second-order valence-electron chi connectivity index (χ2n) is 6.89. The number of nitrogens with zero attached hydrogens (tertiary/aromatic N) is 3. The molecule has 2 aromatic rings. The predicted molar refractivity (Wildman–Crippen MR) is 93.8 cm³/mol. The number of piperidine rings is 1. The van der Waals surface area contributed by atoms with Gasteiger partial charge in [-0.1, -0.05) is 12.1 Å². The summed E-state index contributed by atoms with van der Waals surface area (Å²) in [6, 6.07) is 7.78. The Morgan fingerprint density at radius 2 is 1.73 bits per heavy atom. The summed E-state index contributed by atoms with van der Waals surface area (Å²) < 4.78 is 5.28. The van der Waals surface area contributed by atoms with Crippen LogP contribution in [0.1, 0.15) is 36.0 Å². The number of hydrogen-bond acceptors (Lipinski definition) is 4. The topological polar surface area (TPSA) is 86.9 Å². The van der Waals surface area contributed by atoms with Crippen LogP contribution in [0.2, 0.25) is 0 Å². The van der Waals surface area contributed by atoms with Gasteiger partial charge in [0.2, 0.25) is 0 Å². The van der Waals surface area contributed by atoms with Crippen LogP contribution in [0.15, 0.2) is 41.3 Å². The average molecular weight is 355 g/mol. The van der Waals surface area contributed by atoms with Crippen molar-refractivity contribution in [2.24, 2.45) is 0 Å². The van der Waals surface area contributed by atoms with Gasteiger partial charge < -0.3 is 19.3 Å². The molecule has 0 atom stereocenters. The molecule has 136 valence electrons. The van der Waals surface area contributed by atoms with Gasteiger partial charge in [0, 0.05) is 36.3 Å². The molecular formula is C19H21N3O4. The maximum atomic E-state index is 13.1. The molecule has 1 aromatic carbocycles. The molecule has 4 rings (SSSR count). The van der Waals surface area contributed by atoms with Crippen LogP contribution in [0, 0.1) is 0 Å². The first-order chi connectivity index (χ1) is 12.6. The Morgan fingerprint density at radius 3 is 2.27 bits per heavy atom. The van der Waals surface area contributed by atoms with Crippen molar-refractivity contribution in [3.05, 3.63) is 42.4 Å². The quantitative estimate of drug-likeness (QED) is 0.911. The number of rotatable bonds is 4. The van der Waals surface area contributed by atoms with E-state index in [1.165, 1.54) is 11.3 Å². The lowest BCUT2D eigenvalue weighted by molar-refractivity contribution is 0.0551. The number of carboxylic acid groups (broad SMARTS) is 1. The molecule has 7 heteroatoms. The van der Waals surface area contributed by atoms with Crippen LogP contribution in [0.4, 0.5) is 4.79 Å². The minimum Gasteiger partial charge on any atom is -0.465 e. The first kappa shape index (κ1) is 16.6. The molecular weight excluding hydrogens is 334 g/mol. The standard InChI is InChI=1S/C19H21N3O4/c23-18(14-3-1-13(2-4-14)17-11-20-12-26-17)22(15-5-6-15)16-7-9-21(10-8-16)19(24)25/h1-4,11-12,15-16H,5-10H2,(H,24,25). The summed E-state index contributed by atoms with van der Waals surface area (Å²) in [4.78, 5) is 31.5. The number of hydrogen-bond donors (Lipinski definition) is 1. The molecule has 2 fully saturated rings. The van der Waals surface area contributed by atoms with E-state index in [4.69, 9.17) is 9.52 Å². The van der Waals surface area contributed by atoms with Crippen molar-refractivity contribution in [2.75, 3.05) is 13.1 Å². The van der Waals surface area contributed by atoms with Gasteiger partial charge in [0.15, 0.2) is 12.2 Å². The molecule has 26 heavy (non-hydrogen) atoms. The van der Waals surface area contributed by atoms with Crippen LogP contribution in [0.25, 0.3) is 11.3 Å². The Labute approximate surface area is 151 Å². The summed E-state index contributed by atoms with van der Waals surface area (Å²) in [5, 5.41) is 9.11. The molecule has 1 aliphatic heterocycles. The fourth-order valence-corrected chi connectivity index (χ4v) is 3.60. The van der Waals surface area contributed by atoms with Gasteiger partial charge in [-0.3, -0.25) is 4.79 Å². The lowest BCUT2D eigenvalue weighted by Crippen LogP contribution is -2.49. The molecule has 2 heterocycles. The summed E-state index contributed by atoms with van der Waals surface area (Å²) in [5.41, 5.74) is 1.53. The molecule has 2 amide bonds. The van der Waals surface area contributed by atoms with Gasteiger partial charge in [-0.25, -0.2) is 9.78 Å². The highest BCUT2D eigenvalue weighted by Gasteiger charge is 2.39. The van der Waals surface area contributed by atoms with E-state index in [0.717, 1.165) is 18.4 Å². The van der Waals surface area contributed by atoms with Crippen LogP contribution in [-0.2, 0) is 0 Å². The average Bonchev–Trinajstić information content (AvgIpc) is 3.34. The van der Waals surface area contributed by atoms with Crippen LogP contribution < -0.4 is 0 Å². The number of carbonyl (C=O) groups is 2. The second kappa shape index (κ2) is 6.82. The van der Waals surface area contributed by atoms with E-state index < -0.39 is 6.09 Å². The molecule has 2 aliphatic rings. The molecule has 1 saturated heterocycles. The molecule has 1 saturated carbocycles. The molecule has 1 aliphatic carbocycles. The minimum atomic E-state index is -0.879. The van der Waals surface area contributed by atoms with Gasteiger partial charge in [-0.15, -0.1) is 0 Å². The number of likely N-dealkylation sites (tertiary alicyclic amines) is 1. The summed E-state index contributed by atoms with van der Waals surface area (Å²) >= 11 is 0. The van der Waals surface area contributed by atoms with Gasteiger partial charge in [0.1, 0.15) is 0 Å². The lowest BCUT2D eigenvalue weighted by atomic mass is 10.0. The van der Waals surface area contributed by atoms with E-state index in [0.29, 0.717) is 37.3 Å². The maximum absolute atomic E-state index is 13.1. The largest absolute Gasteiger partial charge is 0.465 e. The van der Waals surface area contributed by atoms with Crippen molar-refractivity contribution < 1.29 is 19.1 Å². The number of aromatic nitrogens is 1. The highest BCUT2D eigenvalue weighted by Crippen LogP contribution is 2.33. The highest BCUT2D eigenvalue weighted by molar-refractivity contribution is 5.95. The van der Waals surface area contributed by atoms with Crippen LogP contribution in [0.5, 0.6) is 0 Å². The van der Waals surface area contributed by atoms with Gasteiger partial charge in [-0.05, 0) is 37.8 Å². The smallest absolute Gasteiger partial charge is 0.407 e. The van der Waals surface area contributed by atoms with Crippen molar-refractivity contribution in [3.8, 4) is 11.3 Å². The molecule has 1 aromatic heterocycles. The van der Waals surface area contributed by atoms with Crippen molar-refractivity contribution in [1.82, 2.24) is 14.8 Å². The molecule has 0 radical (unpaired) electrons. The van der Waals surface area contributed by atoms with Crippen LogP contribution >= 0.6 is 0 Å². The van der Waals surface area contributed by atoms with Crippen LogP contribution in [-0.4, -0.2) is 57.1 Å². The second-order valence-corrected chi connectivity index (χ2v) is 6.89. The molecule has 0 unspecified atom stereocenters. The zero-order valence-corrected chi connectivity index (χ0v) is 14.4. The van der Waals surface area contributed by atoms with Gasteiger partial charge in [0.25, 0.3) is 5.91 Å². The van der Waals surface area contributed by atoms with Crippen molar-refractivity contribution in [2.45, 2.75) is 37.8 Å². The third-order valence-electron chi connectivity index (χ3n) is 5.15. The van der Waals surface area contributed by atoms with Gasteiger partial charge >= 0.3 is 6.09 Å². The number of amides is 2. The molecule has 1 N–H and O–H groups in total. The van der Waals surface area contributed by atoms with Crippen molar-refractivity contribution >= 4 is 12.0 Å². The zero-order valence-electron chi connectivity index (χ0n) is 14.4. The molecule has 7 nitrogen and oxygen atoms in total. The highest BCUT2D eigenvalue weighted by atomic mass is 16.4. The fraction of sp³-hybridized carbons (Fsp3) is 0.421. The zero-order chi connectivity index (χ0) is 18.1. The summed E-state index contributed by atoms with van der Waals surface area (Å²) in [6.45, 7) is 0.974. The molecule has 0 spiro atoms. The van der Waals surface area contributed by atoms with E-state index in [-0.39, 0.29) is 18.0 Å². The van der Waals surface area contributed by atoms with Gasteiger partial charge in [-0.2, -0.15) is 0 Å². The Bertz CT molecular complexity index is 776. The predicted octanol–water partition coefficient (Wildman–Crippen LogP) is 3.09. The summed E-state index contributed by atoms with van der Waals surface area (Å²) in [7, 11) is 0. The van der Waals surface area contributed by atoms with Crippen LogP contribution in [0.3, 0.4) is 0 Å². The van der Waals surface area contributed by atoms with E-state index in [9.17, 15) is 9.59 Å². The van der Waals surface area contributed by atoms with E-state index in [2.05, 4.69) is 4.98 Å². The number of oxazole rings is 1. The Kier molecular flexibility index (Phi) is 4.36. The SMILES string of the molecule is O=C(O)N1CCC(N(C(=O)c2ccc(-c3cnco3)cc2)C2CC2)CC1. The summed E-state index contributed by atoms with van der Waals surface area (Å²) in [6.07, 6.45) is 5.60. The monoisotopic (exact) mass is 355 g/mol. The van der Waals surface area contributed by atoms with Crippen molar-refractivity contribution in [3.63, 3.8) is 0 Å². The Hall–Kier alpha value is -2.83. The third kappa shape index (κ3) is 3.29. The Balaban J connectivity index is 1.48. The number of carbonyl (C=O) groups excluding carboxylic acids is 1. The maximum Gasteiger partial charge on any atom is 0.407 e. The summed E-state index contributed by atoms with van der Waals surface area (Å²) in [5.74, 6) is 0.703. The first-order valence-corrected chi connectivity index (χ1v) is 8.93. The third-order valence-corrected chi connectivity index (χ3v) is 5.15.